The summed E-state index contributed by atoms with van der Waals surface area (Å²) >= 11 is 0. The number of hydrogen-bond acceptors (Lipinski definition) is 5. The van der Waals surface area contributed by atoms with Gasteiger partial charge in [-0.05, 0) is 63.6 Å². The number of methoxy groups -OCH3 is 1. The Hall–Kier alpha value is -1.44. The number of nitrogens with one attached hydrogen (secondary N) is 1. The van der Waals surface area contributed by atoms with Crippen LogP contribution in [0.2, 0.25) is 0 Å². The average Bonchev–Trinajstić information content (AvgIpc) is 3.22. The van der Waals surface area contributed by atoms with Crippen molar-refractivity contribution in [2.45, 2.75) is 50.5 Å². The van der Waals surface area contributed by atoms with E-state index in [1.807, 2.05) is 11.0 Å². The Morgan fingerprint density at radius 1 is 1.29 bits per heavy atom. The van der Waals surface area contributed by atoms with Gasteiger partial charge in [-0.3, -0.25) is 9.89 Å². The van der Waals surface area contributed by atoms with E-state index in [1.54, 1.807) is 7.11 Å². The number of H-pyrrole nitrogens is 1. The lowest BCUT2D eigenvalue weighted by Crippen LogP contribution is -2.44. The molecule has 7 nitrogen and oxygen atoms in total. The van der Waals surface area contributed by atoms with Crippen LogP contribution in [0.5, 0.6) is 0 Å². The van der Waals surface area contributed by atoms with Crippen molar-refractivity contribution in [2.75, 3.05) is 53.0 Å². The molecule has 0 unspecified atom stereocenters. The zero-order chi connectivity index (χ0) is 19.3. The van der Waals surface area contributed by atoms with Crippen molar-refractivity contribution >= 4 is 5.91 Å². The van der Waals surface area contributed by atoms with Crippen LogP contribution in [0.4, 0.5) is 0 Å². The first kappa shape index (κ1) is 19.9. The van der Waals surface area contributed by atoms with Crippen LogP contribution in [0.1, 0.15) is 60.6 Å². The van der Waals surface area contributed by atoms with Crippen molar-refractivity contribution in [3.8, 4) is 0 Å². The van der Waals surface area contributed by atoms with Crippen molar-refractivity contribution in [1.29, 1.82) is 0 Å². The maximum atomic E-state index is 13.2. The van der Waals surface area contributed by atoms with Crippen LogP contribution < -0.4 is 0 Å². The van der Waals surface area contributed by atoms with E-state index in [1.165, 1.54) is 12.8 Å². The molecule has 1 aromatic heterocycles. The highest BCUT2D eigenvalue weighted by atomic mass is 16.5. The van der Waals surface area contributed by atoms with Gasteiger partial charge in [0.1, 0.15) is 5.69 Å². The Bertz CT molecular complexity index is 631. The minimum absolute atomic E-state index is 0.0560. The quantitative estimate of drug-likeness (QED) is 0.700. The lowest BCUT2D eigenvalue weighted by Gasteiger charge is -2.35. The SMILES string of the molecule is COCCN1CCC(CN(C[C@@H]2CCCO2)C(=O)c2cc(C3CC3)[nH]n2)CC1. The van der Waals surface area contributed by atoms with Gasteiger partial charge in [-0.2, -0.15) is 5.10 Å². The summed E-state index contributed by atoms with van der Waals surface area (Å²) in [5, 5.41) is 7.41. The number of nitrogens with zero attached hydrogens (tertiary/aromatic N) is 3. The largest absolute Gasteiger partial charge is 0.383 e. The van der Waals surface area contributed by atoms with E-state index < -0.39 is 0 Å². The Morgan fingerprint density at radius 3 is 2.79 bits per heavy atom. The molecule has 28 heavy (non-hydrogen) atoms. The summed E-state index contributed by atoms with van der Waals surface area (Å²) < 4.78 is 11.0. The van der Waals surface area contributed by atoms with Crippen molar-refractivity contribution in [3.63, 3.8) is 0 Å². The van der Waals surface area contributed by atoms with Crippen LogP contribution in [0.25, 0.3) is 0 Å². The van der Waals surface area contributed by atoms with Crippen molar-refractivity contribution < 1.29 is 14.3 Å². The van der Waals surface area contributed by atoms with E-state index in [2.05, 4.69) is 15.1 Å². The van der Waals surface area contributed by atoms with Crippen LogP contribution in [0.3, 0.4) is 0 Å². The zero-order valence-corrected chi connectivity index (χ0v) is 17.1. The first-order valence-corrected chi connectivity index (χ1v) is 10.9. The highest BCUT2D eigenvalue weighted by Gasteiger charge is 2.31. The third kappa shape index (κ3) is 5.13. The molecule has 1 aromatic rings. The lowest BCUT2D eigenvalue weighted by molar-refractivity contribution is 0.0432. The standard InChI is InChI=1S/C21H34N4O3/c1-27-12-10-24-8-6-16(7-9-24)14-25(15-18-3-2-11-28-18)21(26)20-13-19(22-23-20)17-4-5-17/h13,16-18H,2-12,14-15H2,1H3,(H,22,23)/t18-/m0/s1. The van der Waals surface area contributed by atoms with E-state index >= 15 is 0 Å². The minimum Gasteiger partial charge on any atom is -0.383 e. The number of carbonyl (C=O) groups excluding carboxylic acids is 1. The van der Waals surface area contributed by atoms with E-state index in [9.17, 15) is 4.79 Å². The van der Waals surface area contributed by atoms with Gasteiger partial charge in [0.2, 0.25) is 0 Å². The molecule has 1 N–H and O–H groups in total. The van der Waals surface area contributed by atoms with E-state index in [-0.39, 0.29) is 12.0 Å². The number of carbonyl (C=O) groups is 1. The summed E-state index contributed by atoms with van der Waals surface area (Å²) in [7, 11) is 1.75. The van der Waals surface area contributed by atoms with Gasteiger partial charge in [-0.15, -0.1) is 0 Å². The average molecular weight is 391 g/mol. The molecule has 1 aliphatic carbocycles. The van der Waals surface area contributed by atoms with Gasteiger partial charge in [0.25, 0.3) is 5.91 Å². The third-order valence-corrected chi connectivity index (χ3v) is 6.37. The zero-order valence-electron chi connectivity index (χ0n) is 17.1. The highest BCUT2D eigenvalue weighted by Crippen LogP contribution is 2.39. The molecule has 0 aromatic carbocycles. The van der Waals surface area contributed by atoms with Gasteiger partial charge < -0.3 is 19.3 Å². The first-order valence-electron chi connectivity index (χ1n) is 10.9. The Morgan fingerprint density at radius 2 is 2.11 bits per heavy atom. The number of aromatic amines is 1. The normalized spacial score (nSPS) is 24.0. The topological polar surface area (TPSA) is 70.7 Å². The van der Waals surface area contributed by atoms with Crippen LogP contribution in [-0.4, -0.2) is 85.1 Å². The van der Waals surface area contributed by atoms with E-state index in [4.69, 9.17) is 9.47 Å². The molecule has 1 saturated carbocycles. The van der Waals surface area contributed by atoms with Crippen LogP contribution in [0.15, 0.2) is 6.07 Å². The monoisotopic (exact) mass is 390 g/mol. The van der Waals surface area contributed by atoms with Crippen molar-refractivity contribution in [3.05, 3.63) is 17.5 Å². The Kier molecular flexibility index (Phi) is 6.65. The molecule has 0 radical (unpaired) electrons. The summed E-state index contributed by atoms with van der Waals surface area (Å²) in [6.07, 6.45) is 6.99. The summed E-state index contributed by atoms with van der Waals surface area (Å²) in [6.45, 7) is 6.28. The van der Waals surface area contributed by atoms with E-state index in [0.717, 1.165) is 70.8 Å². The molecule has 0 bridgehead atoms. The minimum atomic E-state index is 0.0560. The van der Waals surface area contributed by atoms with Gasteiger partial charge in [0.15, 0.2) is 0 Å². The van der Waals surface area contributed by atoms with Crippen LogP contribution >= 0.6 is 0 Å². The van der Waals surface area contributed by atoms with Crippen molar-refractivity contribution in [1.82, 2.24) is 20.0 Å². The molecule has 4 rings (SSSR count). The predicted octanol–water partition coefficient (Wildman–Crippen LogP) is 2.27. The summed E-state index contributed by atoms with van der Waals surface area (Å²) in [5.41, 5.74) is 1.68. The van der Waals surface area contributed by atoms with Crippen molar-refractivity contribution in [2.24, 2.45) is 5.92 Å². The fourth-order valence-corrected chi connectivity index (χ4v) is 4.41. The summed E-state index contributed by atoms with van der Waals surface area (Å²) in [5.74, 6) is 1.18. The third-order valence-electron chi connectivity index (χ3n) is 6.37. The second kappa shape index (κ2) is 9.37. The van der Waals surface area contributed by atoms with Gasteiger partial charge >= 0.3 is 0 Å². The lowest BCUT2D eigenvalue weighted by atomic mass is 9.95. The molecule has 3 heterocycles. The molecule has 1 amide bonds. The molecule has 2 aliphatic heterocycles. The number of amides is 1. The fraction of sp³-hybridized carbons (Fsp3) is 0.810. The number of hydrogen-bond donors (Lipinski definition) is 1. The Balaban J connectivity index is 1.36. The van der Waals surface area contributed by atoms with Gasteiger partial charge in [0.05, 0.1) is 12.7 Å². The van der Waals surface area contributed by atoms with Gasteiger partial charge in [-0.1, -0.05) is 0 Å². The molecule has 7 heteroatoms. The molecule has 0 spiro atoms. The number of aromatic nitrogens is 2. The molecule has 3 aliphatic rings. The maximum absolute atomic E-state index is 13.2. The van der Waals surface area contributed by atoms with Crippen LogP contribution in [-0.2, 0) is 9.47 Å². The van der Waals surface area contributed by atoms with Gasteiger partial charge in [-0.25, -0.2) is 0 Å². The molecule has 156 valence electrons. The predicted molar refractivity (Wildman–Crippen MR) is 106 cm³/mol. The number of rotatable bonds is 9. The molecular weight excluding hydrogens is 356 g/mol. The molecule has 1 atom stereocenters. The second-order valence-electron chi connectivity index (χ2n) is 8.61. The smallest absolute Gasteiger partial charge is 0.274 e. The molecular formula is C21H34N4O3. The van der Waals surface area contributed by atoms with Gasteiger partial charge in [0, 0.05) is 45.0 Å². The molecule has 2 saturated heterocycles. The number of likely N-dealkylation sites (tertiary alicyclic amines) is 1. The highest BCUT2D eigenvalue weighted by molar-refractivity contribution is 5.92. The fourth-order valence-electron chi connectivity index (χ4n) is 4.41. The number of ether oxygens (including phenoxy) is 2. The Labute approximate surface area is 167 Å². The summed E-state index contributed by atoms with van der Waals surface area (Å²) in [4.78, 5) is 17.7. The molecule has 3 fully saturated rings. The van der Waals surface area contributed by atoms with Crippen LogP contribution in [0, 0.1) is 5.92 Å². The second-order valence-corrected chi connectivity index (χ2v) is 8.61. The van der Waals surface area contributed by atoms with E-state index in [0.29, 0.717) is 24.1 Å². The first-order chi connectivity index (χ1) is 13.7. The number of piperidine rings is 1. The summed E-state index contributed by atoms with van der Waals surface area (Å²) in [6, 6.07) is 1.97. The maximum Gasteiger partial charge on any atom is 0.274 e.